The van der Waals surface area contributed by atoms with Crippen molar-refractivity contribution in [3.63, 3.8) is 0 Å². The first-order chi connectivity index (χ1) is 8.47. The largest absolute Gasteiger partial charge is 0.398 e. The van der Waals surface area contributed by atoms with Crippen LogP contribution in [0, 0.1) is 13.8 Å². The summed E-state index contributed by atoms with van der Waals surface area (Å²) in [5.74, 6) is -0.190. The van der Waals surface area contributed by atoms with Gasteiger partial charge in [0.05, 0.1) is 21.9 Å². The minimum Gasteiger partial charge on any atom is -0.398 e. The molecule has 3 N–H and O–H groups in total. The van der Waals surface area contributed by atoms with Crippen molar-refractivity contribution in [3.8, 4) is 0 Å². The molecule has 94 valence electrons. The number of rotatable bonds is 2. The molecule has 0 saturated heterocycles. The van der Waals surface area contributed by atoms with Gasteiger partial charge in [-0.05, 0) is 31.5 Å². The molecular formula is C12H12ClN3OS. The summed E-state index contributed by atoms with van der Waals surface area (Å²) in [6.45, 7) is 3.72. The predicted octanol–water partition coefficient (Wildman–Crippen LogP) is 3.25. The first-order valence-electron chi connectivity index (χ1n) is 5.27. The Balaban J connectivity index is 2.24. The molecule has 0 saturated carbocycles. The van der Waals surface area contributed by atoms with Crippen LogP contribution in [-0.4, -0.2) is 10.9 Å². The smallest absolute Gasteiger partial charge is 0.267 e. The van der Waals surface area contributed by atoms with Crippen molar-refractivity contribution in [3.05, 3.63) is 38.8 Å². The van der Waals surface area contributed by atoms with Crippen molar-refractivity contribution >= 4 is 40.2 Å². The van der Waals surface area contributed by atoms with Gasteiger partial charge in [-0.3, -0.25) is 4.79 Å². The van der Waals surface area contributed by atoms with Gasteiger partial charge in [-0.1, -0.05) is 11.6 Å². The number of nitrogens with zero attached hydrogens (tertiary/aromatic N) is 1. The van der Waals surface area contributed by atoms with Gasteiger partial charge in [0.1, 0.15) is 4.88 Å². The van der Waals surface area contributed by atoms with E-state index in [0.717, 1.165) is 10.6 Å². The fourth-order valence-electron chi connectivity index (χ4n) is 1.49. The molecule has 0 atom stereocenters. The lowest BCUT2D eigenvalue weighted by atomic mass is 10.2. The molecule has 0 radical (unpaired) electrons. The van der Waals surface area contributed by atoms with Gasteiger partial charge < -0.3 is 11.1 Å². The topological polar surface area (TPSA) is 68.0 Å². The first kappa shape index (κ1) is 12.9. The molecule has 0 aliphatic heterocycles. The number of benzene rings is 1. The quantitative estimate of drug-likeness (QED) is 0.830. The zero-order valence-corrected chi connectivity index (χ0v) is 11.5. The average molecular weight is 282 g/mol. The zero-order valence-electron chi connectivity index (χ0n) is 9.95. The standard InChI is InChI=1S/C12H12ClN3OS/c1-6-3-9(14)8(13)4-10(6)16-12(17)11-5-15-7(2)18-11/h3-5H,14H2,1-2H3,(H,16,17). The van der Waals surface area contributed by atoms with Crippen LogP contribution in [0.15, 0.2) is 18.3 Å². The summed E-state index contributed by atoms with van der Waals surface area (Å²) >= 11 is 7.28. The van der Waals surface area contributed by atoms with Gasteiger partial charge in [0.15, 0.2) is 0 Å². The average Bonchev–Trinajstić information content (AvgIpc) is 2.73. The highest BCUT2D eigenvalue weighted by Crippen LogP contribution is 2.27. The normalized spacial score (nSPS) is 10.4. The number of hydrogen-bond acceptors (Lipinski definition) is 4. The lowest BCUT2D eigenvalue weighted by Gasteiger charge is -2.09. The Hall–Kier alpha value is -1.59. The maximum Gasteiger partial charge on any atom is 0.267 e. The van der Waals surface area contributed by atoms with Crippen LogP contribution in [0.4, 0.5) is 11.4 Å². The van der Waals surface area contributed by atoms with E-state index in [0.29, 0.717) is 21.3 Å². The van der Waals surface area contributed by atoms with Crippen LogP contribution >= 0.6 is 22.9 Å². The third-order valence-electron chi connectivity index (χ3n) is 2.44. The number of thiazole rings is 1. The molecule has 0 unspecified atom stereocenters. The van der Waals surface area contributed by atoms with Crippen molar-refractivity contribution in [2.75, 3.05) is 11.1 Å². The number of hydrogen-bond donors (Lipinski definition) is 2. The number of anilines is 2. The number of amides is 1. The Morgan fingerprint density at radius 3 is 2.78 bits per heavy atom. The van der Waals surface area contributed by atoms with Gasteiger partial charge in [0.2, 0.25) is 0 Å². The molecule has 1 aromatic heterocycles. The highest BCUT2D eigenvalue weighted by Gasteiger charge is 2.11. The third kappa shape index (κ3) is 2.63. The van der Waals surface area contributed by atoms with Crippen LogP contribution in [0.3, 0.4) is 0 Å². The van der Waals surface area contributed by atoms with Crippen molar-refractivity contribution in [2.24, 2.45) is 0 Å². The maximum absolute atomic E-state index is 12.0. The summed E-state index contributed by atoms with van der Waals surface area (Å²) in [6, 6.07) is 3.38. The van der Waals surface area contributed by atoms with Crippen LogP contribution in [0.5, 0.6) is 0 Å². The number of nitrogens with two attached hydrogens (primary N) is 1. The van der Waals surface area contributed by atoms with Crippen molar-refractivity contribution < 1.29 is 4.79 Å². The van der Waals surface area contributed by atoms with Crippen LogP contribution in [0.2, 0.25) is 5.02 Å². The molecule has 1 heterocycles. The van der Waals surface area contributed by atoms with E-state index in [2.05, 4.69) is 10.3 Å². The van der Waals surface area contributed by atoms with Crippen molar-refractivity contribution in [2.45, 2.75) is 13.8 Å². The van der Waals surface area contributed by atoms with E-state index in [1.165, 1.54) is 11.3 Å². The molecule has 0 aliphatic carbocycles. The molecule has 0 aliphatic rings. The minimum atomic E-state index is -0.190. The number of carbonyl (C=O) groups is 1. The van der Waals surface area contributed by atoms with E-state index in [1.54, 1.807) is 18.3 Å². The number of nitrogens with one attached hydrogen (secondary N) is 1. The molecule has 0 spiro atoms. The zero-order chi connectivity index (χ0) is 13.3. The van der Waals surface area contributed by atoms with E-state index in [4.69, 9.17) is 17.3 Å². The highest BCUT2D eigenvalue weighted by molar-refractivity contribution is 7.13. The number of aryl methyl sites for hydroxylation is 2. The lowest BCUT2D eigenvalue weighted by Crippen LogP contribution is -2.11. The second kappa shape index (κ2) is 4.96. The number of aromatic nitrogens is 1. The van der Waals surface area contributed by atoms with Gasteiger partial charge in [-0.25, -0.2) is 4.98 Å². The summed E-state index contributed by atoms with van der Waals surface area (Å²) in [7, 11) is 0. The van der Waals surface area contributed by atoms with Gasteiger partial charge >= 0.3 is 0 Å². The second-order valence-electron chi connectivity index (χ2n) is 3.89. The van der Waals surface area contributed by atoms with Gasteiger partial charge in [0, 0.05) is 5.69 Å². The van der Waals surface area contributed by atoms with Crippen LogP contribution in [0.25, 0.3) is 0 Å². The minimum absolute atomic E-state index is 0.190. The predicted molar refractivity (Wildman–Crippen MR) is 75.4 cm³/mol. The first-order valence-corrected chi connectivity index (χ1v) is 6.46. The summed E-state index contributed by atoms with van der Waals surface area (Å²) in [4.78, 5) is 16.6. The van der Waals surface area contributed by atoms with E-state index in [9.17, 15) is 4.79 Å². The highest BCUT2D eigenvalue weighted by atomic mass is 35.5. The maximum atomic E-state index is 12.0. The van der Waals surface area contributed by atoms with E-state index in [1.807, 2.05) is 13.8 Å². The third-order valence-corrected chi connectivity index (χ3v) is 3.68. The van der Waals surface area contributed by atoms with Crippen molar-refractivity contribution in [1.29, 1.82) is 0 Å². The van der Waals surface area contributed by atoms with E-state index < -0.39 is 0 Å². The summed E-state index contributed by atoms with van der Waals surface area (Å²) < 4.78 is 0. The van der Waals surface area contributed by atoms with Crippen LogP contribution in [0.1, 0.15) is 20.2 Å². The molecule has 1 aromatic carbocycles. The molecule has 18 heavy (non-hydrogen) atoms. The fourth-order valence-corrected chi connectivity index (χ4v) is 2.33. The molecule has 2 rings (SSSR count). The second-order valence-corrected chi connectivity index (χ2v) is 5.53. The molecule has 0 bridgehead atoms. The van der Waals surface area contributed by atoms with E-state index >= 15 is 0 Å². The van der Waals surface area contributed by atoms with Gasteiger partial charge in [0.25, 0.3) is 5.91 Å². The lowest BCUT2D eigenvalue weighted by molar-refractivity contribution is 0.103. The Kier molecular flexibility index (Phi) is 3.54. The van der Waals surface area contributed by atoms with E-state index in [-0.39, 0.29) is 5.91 Å². The molecule has 6 heteroatoms. The van der Waals surface area contributed by atoms with Crippen LogP contribution in [-0.2, 0) is 0 Å². The fraction of sp³-hybridized carbons (Fsp3) is 0.167. The van der Waals surface area contributed by atoms with Gasteiger partial charge in [-0.15, -0.1) is 11.3 Å². The Morgan fingerprint density at radius 1 is 1.44 bits per heavy atom. The molecular weight excluding hydrogens is 270 g/mol. The Morgan fingerprint density at radius 2 is 2.17 bits per heavy atom. The Labute approximate surface area is 114 Å². The SMILES string of the molecule is Cc1ncc(C(=O)Nc2cc(Cl)c(N)cc2C)s1. The van der Waals surface area contributed by atoms with Crippen LogP contribution < -0.4 is 11.1 Å². The van der Waals surface area contributed by atoms with Crippen molar-refractivity contribution in [1.82, 2.24) is 4.98 Å². The number of nitrogen functional groups attached to an aromatic ring is 1. The summed E-state index contributed by atoms with van der Waals surface area (Å²) in [5.41, 5.74) is 7.71. The summed E-state index contributed by atoms with van der Waals surface area (Å²) in [5, 5.41) is 4.08. The van der Waals surface area contributed by atoms with Gasteiger partial charge in [-0.2, -0.15) is 0 Å². The molecule has 4 nitrogen and oxygen atoms in total. The molecule has 1 amide bonds. The monoisotopic (exact) mass is 281 g/mol. The molecule has 0 fully saturated rings. The number of halogens is 1. The Bertz CT molecular complexity index is 609. The summed E-state index contributed by atoms with van der Waals surface area (Å²) in [6.07, 6.45) is 1.56. The molecule has 2 aromatic rings. The number of carbonyl (C=O) groups excluding carboxylic acids is 1.